The van der Waals surface area contributed by atoms with Gasteiger partial charge in [-0.2, -0.15) is 0 Å². The Bertz CT molecular complexity index is 842. The number of nitrogens with one attached hydrogen (secondary N) is 2. The molecule has 0 saturated heterocycles. The summed E-state index contributed by atoms with van der Waals surface area (Å²) in [6, 6.07) is 6.79. The average Bonchev–Trinajstić information content (AvgIpc) is 2.50. The van der Waals surface area contributed by atoms with Crippen LogP contribution in [0.25, 0.3) is 11.0 Å². The topological polar surface area (TPSA) is 105 Å². The van der Waals surface area contributed by atoms with Gasteiger partial charge in [-0.15, -0.1) is 0 Å². The lowest BCUT2D eigenvalue weighted by atomic mass is 10.2. The van der Waals surface area contributed by atoms with Crippen LogP contribution >= 0.6 is 0 Å². The summed E-state index contributed by atoms with van der Waals surface area (Å²) in [5.74, 6) is -0.391. The number of hydrogen-bond donors (Lipinski definition) is 2. The predicted octanol–water partition coefficient (Wildman–Crippen LogP) is 0.598. The van der Waals surface area contributed by atoms with Gasteiger partial charge >= 0.3 is 5.63 Å². The van der Waals surface area contributed by atoms with E-state index >= 15 is 0 Å². The minimum atomic E-state index is -3.81. The number of carbonyl (C=O) groups is 1. The minimum Gasteiger partial charge on any atom is -0.423 e. The maximum atomic E-state index is 12.1. The van der Waals surface area contributed by atoms with Crippen LogP contribution < -0.4 is 15.7 Å². The van der Waals surface area contributed by atoms with Gasteiger partial charge in [0.2, 0.25) is 15.9 Å². The average molecular weight is 324 g/mol. The SMILES string of the molecule is CCCNC(=O)CNS(=O)(=O)c1ccc2oc(=O)ccc2c1. The number of hydrogen-bond acceptors (Lipinski definition) is 5. The molecule has 0 radical (unpaired) electrons. The highest BCUT2D eigenvalue weighted by Gasteiger charge is 2.16. The molecule has 0 aliphatic heterocycles. The number of rotatable bonds is 6. The zero-order valence-corrected chi connectivity index (χ0v) is 12.8. The van der Waals surface area contributed by atoms with Gasteiger partial charge in [-0.05, 0) is 30.7 Å². The molecule has 1 aromatic heterocycles. The van der Waals surface area contributed by atoms with Gasteiger partial charge in [-0.3, -0.25) is 4.79 Å². The Morgan fingerprint density at radius 3 is 2.73 bits per heavy atom. The van der Waals surface area contributed by atoms with E-state index in [4.69, 9.17) is 4.42 Å². The van der Waals surface area contributed by atoms with Gasteiger partial charge in [0, 0.05) is 18.0 Å². The van der Waals surface area contributed by atoms with Gasteiger partial charge in [-0.25, -0.2) is 17.9 Å². The molecular weight excluding hydrogens is 308 g/mol. The minimum absolute atomic E-state index is 0.00265. The van der Waals surface area contributed by atoms with Crippen LogP contribution in [0.1, 0.15) is 13.3 Å². The lowest BCUT2D eigenvalue weighted by molar-refractivity contribution is -0.119. The van der Waals surface area contributed by atoms with Gasteiger partial charge in [0.25, 0.3) is 0 Å². The smallest absolute Gasteiger partial charge is 0.336 e. The second kappa shape index (κ2) is 6.71. The fraction of sp³-hybridized carbons (Fsp3) is 0.286. The molecule has 118 valence electrons. The largest absolute Gasteiger partial charge is 0.423 e. The van der Waals surface area contributed by atoms with Crippen molar-refractivity contribution in [3.05, 3.63) is 40.8 Å². The second-order valence-electron chi connectivity index (χ2n) is 4.63. The summed E-state index contributed by atoms with van der Waals surface area (Å²) in [7, 11) is -3.81. The van der Waals surface area contributed by atoms with Crippen LogP contribution in [0.15, 0.2) is 44.4 Å². The number of fused-ring (bicyclic) bond motifs is 1. The van der Waals surface area contributed by atoms with Gasteiger partial charge in [0.05, 0.1) is 11.4 Å². The quantitative estimate of drug-likeness (QED) is 0.757. The Balaban J connectivity index is 2.17. The van der Waals surface area contributed by atoms with Crippen molar-refractivity contribution in [2.24, 2.45) is 0 Å². The molecule has 0 saturated carbocycles. The zero-order chi connectivity index (χ0) is 16.2. The first-order valence-electron chi connectivity index (χ1n) is 6.72. The van der Waals surface area contributed by atoms with E-state index < -0.39 is 21.6 Å². The molecule has 2 N–H and O–H groups in total. The van der Waals surface area contributed by atoms with Crippen molar-refractivity contribution in [3.63, 3.8) is 0 Å². The molecule has 0 unspecified atom stereocenters. The Morgan fingerprint density at radius 1 is 1.23 bits per heavy atom. The first-order chi connectivity index (χ1) is 10.4. The highest BCUT2D eigenvalue weighted by molar-refractivity contribution is 7.89. The fourth-order valence-electron chi connectivity index (χ4n) is 1.79. The van der Waals surface area contributed by atoms with Crippen molar-refractivity contribution in [3.8, 4) is 0 Å². The number of amides is 1. The summed E-state index contributed by atoms with van der Waals surface area (Å²) in [4.78, 5) is 22.5. The Morgan fingerprint density at radius 2 is 2.00 bits per heavy atom. The molecule has 2 rings (SSSR count). The highest BCUT2D eigenvalue weighted by Crippen LogP contribution is 2.17. The maximum absolute atomic E-state index is 12.1. The van der Waals surface area contributed by atoms with E-state index in [-0.39, 0.29) is 11.4 Å². The first-order valence-corrected chi connectivity index (χ1v) is 8.21. The van der Waals surface area contributed by atoms with Crippen molar-refractivity contribution in [1.82, 2.24) is 10.0 Å². The van der Waals surface area contributed by atoms with E-state index in [1.165, 1.54) is 30.3 Å². The predicted molar refractivity (Wildman–Crippen MR) is 81.0 cm³/mol. The lowest BCUT2D eigenvalue weighted by Gasteiger charge is -2.07. The van der Waals surface area contributed by atoms with E-state index in [1.807, 2.05) is 6.92 Å². The Labute approximate surface area is 127 Å². The fourth-order valence-corrected chi connectivity index (χ4v) is 2.81. The van der Waals surface area contributed by atoms with Crippen LogP contribution in [0, 0.1) is 0 Å². The normalized spacial score (nSPS) is 11.5. The highest BCUT2D eigenvalue weighted by atomic mass is 32.2. The van der Waals surface area contributed by atoms with Crippen molar-refractivity contribution in [2.45, 2.75) is 18.2 Å². The van der Waals surface area contributed by atoms with Crippen LogP contribution in [0.3, 0.4) is 0 Å². The van der Waals surface area contributed by atoms with Crippen molar-refractivity contribution < 1.29 is 17.6 Å². The van der Waals surface area contributed by atoms with Crippen molar-refractivity contribution >= 4 is 26.9 Å². The zero-order valence-electron chi connectivity index (χ0n) is 12.0. The van der Waals surface area contributed by atoms with Gasteiger partial charge in [-0.1, -0.05) is 6.92 Å². The van der Waals surface area contributed by atoms with E-state index in [0.29, 0.717) is 17.5 Å². The third-order valence-electron chi connectivity index (χ3n) is 2.90. The van der Waals surface area contributed by atoms with E-state index in [1.54, 1.807) is 0 Å². The molecule has 7 nitrogen and oxygen atoms in total. The van der Waals surface area contributed by atoms with Gasteiger partial charge in [0.15, 0.2) is 0 Å². The molecule has 0 aliphatic rings. The van der Waals surface area contributed by atoms with Crippen LogP contribution in [0.2, 0.25) is 0 Å². The number of benzene rings is 1. The Hall–Kier alpha value is -2.19. The first kappa shape index (κ1) is 16.2. The molecule has 8 heteroatoms. The summed E-state index contributed by atoms with van der Waals surface area (Å²) in [6.45, 7) is 2.07. The monoisotopic (exact) mass is 324 g/mol. The van der Waals surface area contributed by atoms with Gasteiger partial charge < -0.3 is 9.73 Å². The standard InChI is InChI=1S/C14H16N2O5S/c1-2-7-15-13(17)9-16-22(19,20)11-4-5-12-10(8-11)3-6-14(18)21-12/h3-6,8,16H,2,7,9H2,1H3,(H,15,17). The summed E-state index contributed by atoms with van der Waals surface area (Å²) >= 11 is 0. The Kier molecular flexibility index (Phi) is 4.94. The molecule has 1 amide bonds. The number of carbonyl (C=O) groups excluding carboxylic acids is 1. The summed E-state index contributed by atoms with van der Waals surface area (Å²) in [6.07, 6.45) is 0.772. The second-order valence-corrected chi connectivity index (χ2v) is 6.40. The van der Waals surface area contributed by atoms with Crippen LogP contribution in [-0.4, -0.2) is 27.4 Å². The molecule has 0 fully saturated rings. The number of sulfonamides is 1. The van der Waals surface area contributed by atoms with Crippen molar-refractivity contribution in [1.29, 1.82) is 0 Å². The van der Waals surface area contributed by atoms with Crippen molar-refractivity contribution in [2.75, 3.05) is 13.1 Å². The lowest BCUT2D eigenvalue weighted by Crippen LogP contribution is -2.37. The molecule has 1 heterocycles. The van der Waals surface area contributed by atoms with Crippen LogP contribution in [-0.2, 0) is 14.8 Å². The molecule has 22 heavy (non-hydrogen) atoms. The van der Waals surface area contributed by atoms with E-state index in [0.717, 1.165) is 6.42 Å². The molecule has 1 aromatic carbocycles. The molecule has 0 spiro atoms. The molecule has 0 atom stereocenters. The molecule has 2 aromatic rings. The summed E-state index contributed by atoms with van der Waals surface area (Å²) < 4.78 is 31.4. The molecule has 0 bridgehead atoms. The third kappa shape index (κ3) is 3.92. The van der Waals surface area contributed by atoms with E-state index in [9.17, 15) is 18.0 Å². The maximum Gasteiger partial charge on any atom is 0.336 e. The summed E-state index contributed by atoms with van der Waals surface area (Å²) in [5.41, 5.74) is -0.207. The third-order valence-corrected chi connectivity index (χ3v) is 4.29. The molecular formula is C14H16N2O5S. The van der Waals surface area contributed by atoms with Crippen LogP contribution in [0.4, 0.5) is 0 Å². The van der Waals surface area contributed by atoms with Crippen LogP contribution in [0.5, 0.6) is 0 Å². The summed E-state index contributed by atoms with van der Waals surface area (Å²) in [5, 5.41) is 3.06. The van der Waals surface area contributed by atoms with Gasteiger partial charge in [0.1, 0.15) is 5.58 Å². The molecule has 0 aliphatic carbocycles. The van der Waals surface area contributed by atoms with E-state index in [2.05, 4.69) is 10.0 Å².